The van der Waals surface area contributed by atoms with E-state index in [9.17, 15) is 15.2 Å². The van der Waals surface area contributed by atoms with E-state index in [2.05, 4.69) is 10.2 Å². The van der Waals surface area contributed by atoms with Gasteiger partial charge in [0, 0.05) is 31.9 Å². The van der Waals surface area contributed by atoms with E-state index in [0.717, 1.165) is 4.57 Å². The molecule has 0 aliphatic carbocycles. The Morgan fingerprint density at radius 1 is 1.21 bits per heavy atom. The lowest BCUT2D eigenvalue weighted by Crippen LogP contribution is -2.22. The van der Waals surface area contributed by atoms with E-state index in [1.807, 2.05) is 6.07 Å². The maximum absolute atomic E-state index is 12.8. The molecule has 9 heteroatoms. The van der Waals surface area contributed by atoms with Gasteiger partial charge in [-0.15, -0.1) is 10.2 Å². The maximum Gasteiger partial charge on any atom is 0.281 e. The number of azo groups is 1. The van der Waals surface area contributed by atoms with E-state index in [-0.39, 0.29) is 29.2 Å². The molecule has 2 aromatic rings. The van der Waals surface area contributed by atoms with E-state index in [1.54, 1.807) is 32.2 Å². The molecule has 2 rings (SSSR count). The lowest BCUT2D eigenvalue weighted by Gasteiger charge is -2.12. The molecule has 0 atom stereocenters. The highest BCUT2D eigenvalue weighted by molar-refractivity contribution is 5.58. The van der Waals surface area contributed by atoms with Gasteiger partial charge in [-0.2, -0.15) is 5.26 Å². The lowest BCUT2D eigenvalue weighted by atomic mass is 10.1. The Balaban J connectivity index is 2.53. The van der Waals surface area contributed by atoms with Gasteiger partial charge in [0.2, 0.25) is 5.88 Å². The summed E-state index contributed by atoms with van der Waals surface area (Å²) in [4.78, 5) is 12.8. The minimum absolute atomic E-state index is 0.0207. The van der Waals surface area contributed by atoms with Crippen LogP contribution in [-0.2, 0) is 11.3 Å². The summed E-state index contributed by atoms with van der Waals surface area (Å²) >= 11 is 0. The highest BCUT2D eigenvalue weighted by atomic mass is 16.5. The average Bonchev–Trinajstić information content (AvgIpc) is 2.70. The second-order valence-corrected chi connectivity index (χ2v) is 5.82. The Kier molecular flexibility index (Phi) is 7.12. The van der Waals surface area contributed by atoms with Crippen LogP contribution in [0.15, 0.2) is 33.2 Å². The van der Waals surface area contributed by atoms with Gasteiger partial charge >= 0.3 is 0 Å². The molecule has 1 N–H and O–H groups in total. The monoisotopic (exact) mass is 386 g/mol. The quantitative estimate of drug-likeness (QED) is 0.550. The first-order valence-electron chi connectivity index (χ1n) is 8.47. The van der Waals surface area contributed by atoms with E-state index >= 15 is 0 Å². The molecule has 0 aliphatic heterocycles. The topological polar surface area (TPSA) is 118 Å². The van der Waals surface area contributed by atoms with Crippen LogP contribution in [0.5, 0.6) is 17.4 Å². The summed E-state index contributed by atoms with van der Waals surface area (Å²) in [7, 11) is 4.56. The number of aromatic hydroxyl groups is 1. The predicted octanol–water partition coefficient (Wildman–Crippen LogP) is 3.20. The number of hydrogen-bond donors (Lipinski definition) is 1. The van der Waals surface area contributed by atoms with Crippen molar-refractivity contribution in [2.24, 2.45) is 10.2 Å². The molecule has 1 heterocycles. The fraction of sp³-hybridized carbons (Fsp3) is 0.368. The minimum atomic E-state index is -0.540. The van der Waals surface area contributed by atoms with Crippen LogP contribution in [0, 0.1) is 18.3 Å². The fourth-order valence-electron chi connectivity index (χ4n) is 2.60. The number of aromatic nitrogens is 1. The second kappa shape index (κ2) is 9.53. The van der Waals surface area contributed by atoms with Gasteiger partial charge in [0.25, 0.3) is 5.56 Å². The molecule has 0 saturated carbocycles. The van der Waals surface area contributed by atoms with E-state index in [1.165, 1.54) is 14.2 Å². The molecule has 0 radical (unpaired) electrons. The zero-order valence-corrected chi connectivity index (χ0v) is 16.2. The number of hydrogen-bond acceptors (Lipinski definition) is 8. The Morgan fingerprint density at radius 3 is 2.57 bits per heavy atom. The SMILES string of the molecule is COCCCn1c(O)c(C#N)c(C)c(N=Nc2ccc(OC)cc2OC)c1=O. The van der Waals surface area contributed by atoms with E-state index in [0.29, 0.717) is 30.2 Å². The Hall–Kier alpha value is -3.38. The Bertz CT molecular complexity index is 976. The highest BCUT2D eigenvalue weighted by Gasteiger charge is 2.19. The molecule has 0 unspecified atom stereocenters. The molecule has 0 saturated heterocycles. The van der Waals surface area contributed by atoms with Crippen molar-refractivity contribution in [3.05, 3.63) is 39.7 Å². The zero-order valence-electron chi connectivity index (χ0n) is 16.2. The summed E-state index contributed by atoms with van der Waals surface area (Å²) < 4.78 is 16.5. The van der Waals surface area contributed by atoms with Crippen molar-refractivity contribution in [2.75, 3.05) is 27.9 Å². The van der Waals surface area contributed by atoms with Crippen molar-refractivity contribution in [3.8, 4) is 23.4 Å². The van der Waals surface area contributed by atoms with Crippen molar-refractivity contribution in [3.63, 3.8) is 0 Å². The molecule has 9 nitrogen and oxygen atoms in total. The third kappa shape index (κ3) is 4.29. The normalized spacial score (nSPS) is 10.8. The average molecular weight is 386 g/mol. The van der Waals surface area contributed by atoms with Gasteiger partial charge in [0.1, 0.15) is 28.8 Å². The van der Waals surface area contributed by atoms with Crippen LogP contribution in [0.1, 0.15) is 17.5 Å². The number of ether oxygens (including phenoxy) is 3. The van der Waals surface area contributed by atoms with Gasteiger partial charge in [-0.05, 0) is 25.5 Å². The van der Waals surface area contributed by atoms with Crippen LogP contribution in [0.4, 0.5) is 11.4 Å². The van der Waals surface area contributed by atoms with Crippen LogP contribution in [0.25, 0.3) is 0 Å². The van der Waals surface area contributed by atoms with Gasteiger partial charge in [0.05, 0.1) is 14.2 Å². The summed E-state index contributed by atoms with van der Waals surface area (Å²) in [6.07, 6.45) is 0.487. The molecule has 148 valence electrons. The van der Waals surface area contributed by atoms with Crippen LogP contribution in [-0.4, -0.2) is 37.6 Å². The van der Waals surface area contributed by atoms with Crippen LogP contribution in [0.2, 0.25) is 0 Å². The largest absolute Gasteiger partial charge is 0.497 e. The number of methoxy groups -OCH3 is 3. The van der Waals surface area contributed by atoms with Crippen LogP contribution >= 0.6 is 0 Å². The van der Waals surface area contributed by atoms with Gasteiger partial charge in [-0.3, -0.25) is 9.36 Å². The van der Waals surface area contributed by atoms with Gasteiger partial charge < -0.3 is 19.3 Å². The summed E-state index contributed by atoms with van der Waals surface area (Å²) in [5.41, 5.74) is 0.0578. The van der Waals surface area contributed by atoms with Crippen LogP contribution < -0.4 is 15.0 Å². The van der Waals surface area contributed by atoms with E-state index in [4.69, 9.17) is 14.2 Å². The fourth-order valence-corrected chi connectivity index (χ4v) is 2.60. The second-order valence-electron chi connectivity index (χ2n) is 5.82. The molecular formula is C19H22N4O5. The third-order valence-electron chi connectivity index (χ3n) is 4.14. The predicted molar refractivity (Wildman–Crippen MR) is 102 cm³/mol. The van der Waals surface area contributed by atoms with Crippen molar-refractivity contribution in [1.29, 1.82) is 5.26 Å². The summed E-state index contributed by atoms with van der Waals surface area (Å²) in [5, 5.41) is 27.8. The smallest absolute Gasteiger partial charge is 0.281 e. The molecular weight excluding hydrogens is 364 g/mol. The standard InChI is InChI=1S/C19H22N4O5/c1-12-14(11-20)18(24)23(8-5-9-26-2)19(25)17(12)22-21-15-7-6-13(27-3)10-16(15)28-4/h6-7,10,24H,5,8-9H2,1-4H3. The first kappa shape index (κ1) is 20.9. The number of rotatable bonds is 8. The molecule has 0 spiro atoms. The van der Waals surface area contributed by atoms with Crippen molar-refractivity contribution < 1.29 is 19.3 Å². The van der Waals surface area contributed by atoms with E-state index < -0.39 is 5.56 Å². The third-order valence-corrected chi connectivity index (χ3v) is 4.14. The molecule has 1 aromatic heterocycles. The van der Waals surface area contributed by atoms with Crippen molar-refractivity contribution >= 4 is 11.4 Å². The molecule has 0 amide bonds. The minimum Gasteiger partial charge on any atom is -0.497 e. The molecule has 28 heavy (non-hydrogen) atoms. The first-order valence-corrected chi connectivity index (χ1v) is 8.47. The van der Waals surface area contributed by atoms with Gasteiger partial charge in [-0.1, -0.05) is 0 Å². The number of benzene rings is 1. The Morgan fingerprint density at radius 2 is 1.96 bits per heavy atom. The summed E-state index contributed by atoms with van der Waals surface area (Å²) in [5.74, 6) is 0.617. The van der Waals surface area contributed by atoms with Gasteiger partial charge in [0.15, 0.2) is 5.69 Å². The number of pyridine rings is 1. The first-order chi connectivity index (χ1) is 13.5. The molecule has 0 bridgehead atoms. The van der Waals surface area contributed by atoms with Gasteiger partial charge in [-0.25, -0.2) is 0 Å². The summed E-state index contributed by atoms with van der Waals surface area (Å²) in [6.45, 7) is 2.13. The number of nitrogens with zero attached hydrogens (tertiary/aromatic N) is 4. The van der Waals surface area contributed by atoms with Crippen molar-refractivity contribution in [2.45, 2.75) is 19.9 Å². The lowest BCUT2D eigenvalue weighted by molar-refractivity contribution is 0.188. The Labute approximate surface area is 162 Å². The zero-order chi connectivity index (χ0) is 20.7. The molecule has 0 fully saturated rings. The van der Waals surface area contributed by atoms with Crippen molar-refractivity contribution in [1.82, 2.24) is 4.57 Å². The molecule has 1 aromatic carbocycles. The van der Waals surface area contributed by atoms with Crippen LogP contribution in [0.3, 0.4) is 0 Å². The number of nitriles is 1. The highest BCUT2D eigenvalue weighted by Crippen LogP contribution is 2.33. The summed E-state index contributed by atoms with van der Waals surface area (Å²) in [6, 6.07) is 6.88. The molecule has 0 aliphatic rings. The maximum atomic E-state index is 12.8.